The standard InChI is InChI=1S/C11H9BrF3NO4/c12-6-1-2-7(8(5-6)20-11(13,14)15)16-9(17)3-4-10(18)19/h1-2,5H,3-4H2,(H,16,17)(H,18,19). The van der Waals surface area contributed by atoms with Gasteiger partial charge in [-0.1, -0.05) is 15.9 Å². The molecular formula is C11H9BrF3NO4. The number of alkyl halides is 3. The van der Waals surface area contributed by atoms with E-state index in [0.717, 1.165) is 6.07 Å². The maximum absolute atomic E-state index is 12.2. The van der Waals surface area contributed by atoms with Crippen molar-refractivity contribution in [2.45, 2.75) is 19.2 Å². The van der Waals surface area contributed by atoms with Crippen LogP contribution in [0.3, 0.4) is 0 Å². The molecular weight excluding hydrogens is 347 g/mol. The Kier molecular flexibility index (Phi) is 5.37. The summed E-state index contributed by atoms with van der Waals surface area (Å²) in [5, 5.41) is 10.6. The van der Waals surface area contributed by atoms with Crippen LogP contribution in [0.2, 0.25) is 0 Å². The number of carbonyl (C=O) groups excluding carboxylic acids is 1. The molecule has 9 heteroatoms. The average Bonchev–Trinajstić information content (AvgIpc) is 2.28. The zero-order valence-corrected chi connectivity index (χ0v) is 11.4. The van der Waals surface area contributed by atoms with Gasteiger partial charge in [-0.2, -0.15) is 0 Å². The van der Waals surface area contributed by atoms with E-state index in [9.17, 15) is 22.8 Å². The molecule has 0 radical (unpaired) electrons. The van der Waals surface area contributed by atoms with Crippen molar-refractivity contribution < 1.29 is 32.6 Å². The Morgan fingerprint density at radius 1 is 1.30 bits per heavy atom. The maximum Gasteiger partial charge on any atom is 0.573 e. The Balaban J connectivity index is 2.83. The number of carboxylic acids is 1. The van der Waals surface area contributed by atoms with E-state index in [-0.39, 0.29) is 12.1 Å². The zero-order valence-electron chi connectivity index (χ0n) is 9.83. The number of hydrogen-bond acceptors (Lipinski definition) is 3. The van der Waals surface area contributed by atoms with Crippen molar-refractivity contribution in [1.29, 1.82) is 0 Å². The Labute approximate surface area is 119 Å². The van der Waals surface area contributed by atoms with Crippen molar-refractivity contribution in [3.8, 4) is 5.75 Å². The lowest BCUT2D eigenvalue weighted by atomic mass is 10.2. The highest BCUT2D eigenvalue weighted by Crippen LogP contribution is 2.33. The summed E-state index contributed by atoms with van der Waals surface area (Å²) in [7, 11) is 0. The predicted molar refractivity (Wildman–Crippen MR) is 66.3 cm³/mol. The van der Waals surface area contributed by atoms with Crippen molar-refractivity contribution in [2.75, 3.05) is 5.32 Å². The molecule has 0 atom stereocenters. The lowest BCUT2D eigenvalue weighted by Crippen LogP contribution is -2.19. The van der Waals surface area contributed by atoms with Gasteiger partial charge in [0, 0.05) is 10.9 Å². The summed E-state index contributed by atoms with van der Waals surface area (Å²) in [6, 6.07) is 3.67. The smallest absolute Gasteiger partial charge is 0.481 e. The molecule has 0 saturated carbocycles. The Bertz CT molecular complexity index is 519. The highest BCUT2D eigenvalue weighted by Gasteiger charge is 2.32. The Morgan fingerprint density at radius 2 is 1.95 bits per heavy atom. The van der Waals surface area contributed by atoms with E-state index in [2.05, 4.69) is 26.0 Å². The molecule has 20 heavy (non-hydrogen) atoms. The Morgan fingerprint density at radius 3 is 2.50 bits per heavy atom. The van der Waals surface area contributed by atoms with Gasteiger partial charge in [-0.05, 0) is 18.2 Å². The SMILES string of the molecule is O=C(O)CCC(=O)Nc1ccc(Br)cc1OC(F)(F)F. The van der Waals surface area contributed by atoms with Crippen molar-refractivity contribution in [1.82, 2.24) is 0 Å². The van der Waals surface area contributed by atoms with E-state index in [0.29, 0.717) is 4.47 Å². The van der Waals surface area contributed by atoms with Crippen LogP contribution >= 0.6 is 15.9 Å². The van der Waals surface area contributed by atoms with Gasteiger partial charge in [0.2, 0.25) is 5.91 Å². The second-order valence-electron chi connectivity index (χ2n) is 3.63. The summed E-state index contributed by atoms with van der Waals surface area (Å²) in [4.78, 5) is 21.7. The first-order valence-corrected chi connectivity index (χ1v) is 6.03. The third-order valence-corrected chi connectivity index (χ3v) is 2.50. The number of carboxylic acid groups (broad SMARTS) is 1. The number of carbonyl (C=O) groups is 2. The fraction of sp³-hybridized carbons (Fsp3) is 0.273. The molecule has 1 rings (SSSR count). The molecule has 0 bridgehead atoms. The molecule has 0 saturated heterocycles. The summed E-state index contributed by atoms with van der Waals surface area (Å²) < 4.78 is 40.8. The van der Waals surface area contributed by atoms with Gasteiger partial charge >= 0.3 is 12.3 Å². The van der Waals surface area contributed by atoms with E-state index in [1.165, 1.54) is 12.1 Å². The number of halogens is 4. The molecule has 0 aliphatic rings. The van der Waals surface area contributed by atoms with Crippen LogP contribution in [0.25, 0.3) is 0 Å². The summed E-state index contributed by atoms with van der Waals surface area (Å²) in [6.45, 7) is 0. The number of anilines is 1. The molecule has 110 valence electrons. The second-order valence-corrected chi connectivity index (χ2v) is 4.55. The first-order chi connectivity index (χ1) is 9.17. The van der Waals surface area contributed by atoms with Crippen LogP contribution in [0.4, 0.5) is 18.9 Å². The molecule has 1 amide bonds. The van der Waals surface area contributed by atoms with Crippen LogP contribution in [0.1, 0.15) is 12.8 Å². The molecule has 1 aromatic rings. The van der Waals surface area contributed by atoms with Gasteiger partial charge in [-0.3, -0.25) is 9.59 Å². The minimum absolute atomic E-state index is 0.194. The van der Waals surface area contributed by atoms with Crippen molar-refractivity contribution in [3.63, 3.8) is 0 Å². The molecule has 0 aromatic heterocycles. The van der Waals surface area contributed by atoms with Gasteiger partial charge in [0.1, 0.15) is 0 Å². The zero-order chi connectivity index (χ0) is 15.3. The van der Waals surface area contributed by atoms with Gasteiger partial charge in [-0.15, -0.1) is 13.2 Å². The van der Waals surface area contributed by atoms with E-state index in [1.54, 1.807) is 0 Å². The van der Waals surface area contributed by atoms with E-state index >= 15 is 0 Å². The summed E-state index contributed by atoms with van der Waals surface area (Å²) in [5.74, 6) is -2.49. The lowest BCUT2D eigenvalue weighted by molar-refractivity contribution is -0.274. The van der Waals surface area contributed by atoms with Gasteiger partial charge in [0.05, 0.1) is 12.1 Å². The lowest BCUT2D eigenvalue weighted by Gasteiger charge is -2.14. The van der Waals surface area contributed by atoms with Gasteiger partial charge < -0.3 is 15.2 Å². The molecule has 0 fully saturated rings. The Hall–Kier alpha value is -1.77. The highest BCUT2D eigenvalue weighted by atomic mass is 79.9. The maximum atomic E-state index is 12.2. The summed E-state index contributed by atoms with van der Waals surface area (Å²) in [6.07, 6.45) is -5.67. The minimum Gasteiger partial charge on any atom is -0.481 e. The van der Waals surface area contributed by atoms with Crippen LogP contribution in [0.15, 0.2) is 22.7 Å². The first-order valence-electron chi connectivity index (χ1n) is 5.24. The average molecular weight is 356 g/mol. The molecule has 0 aliphatic carbocycles. The van der Waals surface area contributed by atoms with Crippen LogP contribution in [-0.2, 0) is 9.59 Å². The molecule has 0 unspecified atom stereocenters. The van der Waals surface area contributed by atoms with E-state index < -0.39 is 30.4 Å². The highest BCUT2D eigenvalue weighted by molar-refractivity contribution is 9.10. The molecule has 1 aromatic carbocycles. The number of amides is 1. The van der Waals surface area contributed by atoms with E-state index in [4.69, 9.17) is 5.11 Å². The van der Waals surface area contributed by atoms with Crippen LogP contribution in [-0.4, -0.2) is 23.3 Å². The van der Waals surface area contributed by atoms with Crippen molar-refractivity contribution in [2.24, 2.45) is 0 Å². The molecule has 0 spiro atoms. The number of ether oxygens (including phenoxy) is 1. The normalized spacial score (nSPS) is 11.0. The number of hydrogen-bond donors (Lipinski definition) is 2. The topological polar surface area (TPSA) is 75.6 Å². The molecule has 0 aliphatic heterocycles. The third kappa shape index (κ3) is 5.91. The monoisotopic (exact) mass is 355 g/mol. The van der Waals surface area contributed by atoms with Gasteiger partial charge in [0.25, 0.3) is 0 Å². The molecule has 2 N–H and O–H groups in total. The number of benzene rings is 1. The fourth-order valence-electron chi connectivity index (χ4n) is 1.24. The van der Waals surface area contributed by atoms with Crippen LogP contribution < -0.4 is 10.1 Å². The second kappa shape index (κ2) is 6.60. The fourth-order valence-corrected chi connectivity index (χ4v) is 1.58. The quantitative estimate of drug-likeness (QED) is 0.850. The number of nitrogens with one attached hydrogen (secondary N) is 1. The van der Waals surface area contributed by atoms with Crippen molar-refractivity contribution in [3.05, 3.63) is 22.7 Å². The van der Waals surface area contributed by atoms with Crippen molar-refractivity contribution >= 4 is 33.5 Å². The first kappa shape index (κ1) is 16.3. The minimum atomic E-state index is -4.90. The summed E-state index contributed by atoms with van der Waals surface area (Å²) in [5.41, 5.74) is -0.194. The third-order valence-electron chi connectivity index (χ3n) is 2.01. The molecule has 0 heterocycles. The number of aliphatic carboxylic acids is 1. The van der Waals surface area contributed by atoms with Gasteiger partial charge in [-0.25, -0.2) is 0 Å². The predicted octanol–water partition coefficient (Wildman–Crippen LogP) is 3.15. The van der Waals surface area contributed by atoms with Crippen LogP contribution in [0.5, 0.6) is 5.75 Å². The molecule has 5 nitrogen and oxygen atoms in total. The van der Waals surface area contributed by atoms with E-state index in [1.807, 2.05) is 0 Å². The van der Waals surface area contributed by atoms with Gasteiger partial charge in [0.15, 0.2) is 5.75 Å². The largest absolute Gasteiger partial charge is 0.573 e. The summed E-state index contributed by atoms with van der Waals surface area (Å²) >= 11 is 2.98. The number of rotatable bonds is 5. The van der Waals surface area contributed by atoms with Crippen LogP contribution in [0, 0.1) is 0 Å².